The van der Waals surface area contributed by atoms with Crippen LogP contribution in [0.4, 0.5) is 0 Å². The summed E-state index contributed by atoms with van der Waals surface area (Å²) in [7, 11) is 1.76. The summed E-state index contributed by atoms with van der Waals surface area (Å²) in [5.41, 5.74) is 0. The molecule has 1 heterocycles. The molecule has 0 bridgehead atoms. The van der Waals surface area contributed by atoms with Gasteiger partial charge in [0, 0.05) is 32.7 Å². The number of piperidine rings is 1. The van der Waals surface area contributed by atoms with Crippen LogP contribution in [-0.4, -0.2) is 49.6 Å². The highest BCUT2D eigenvalue weighted by atomic mass is 16.5. The molecule has 1 aliphatic heterocycles. The van der Waals surface area contributed by atoms with Crippen LogP contribution in [0.3, 0.4) is 0 Å². The molecule has 1 N–H and O–H groups in total. The number of nitrogens with one attached hydrogen (secondary N) is 1. The minimum atomic E-state index is -0.0961. The fraction of sp³-hybridized carbons (Fsp3) is 0.818. The van der Waals surface area contributed by atoms with Gasteiger partial charge in [0.05, 0.1) is 0 Å². The fourth-order valence-electron chi connectivity index (χ4n) is 1.71. The van der Waals surface area contributed by atoms with E-state index in [1.807, 2.05) is 6.92 Å². The summed E-state index contributed by atoms with van der Waals surface area (Å²) >= 11 is 0. The van der Waals surface area contributed by atoms with Crippen LogP contribution in [0, 0.1) is 0 Å². The van der Waals surface area contributed by atoms with E-state index in [4.69, 9.17) is 4.74 Å². The second-order valence-corrected chi connectivity index (χ2v) is 4.13. The first-order valence-electron chi connectivity index (χ1n) is 5.74. The molecule has 1 atom stereocenters. The second kappa shape index (κ2) is 6.48. The molecule has 1 aliphatic rings. The Morgan fingerprint density at radius 1 is 1.62 bits per heavy atom. The van der Waals surface area contributed by atoms with Crippen molar-refractivity contribution in [1.82, 2.24) is 10.2 Å². The van der Waals surface area contributed by atoms with E-state index < -0.39 is 0 Å². The maximum atomic E-state index is 11.4. The number of hydrogen-bond donors (Lipinski definition) is 1. The Morgan fingerprint density at radius 2 is 2.38 bits per heavy atom. The lowest BCUT2D eigenvalue weighted by Crippen LogP contribution is -2.49. The first-order valence-corrected chi connectivity index (χ1v) is 5.74. The molecule has 16 heavy (non-hydrogen) atoms. The monoisotopic (exact) mass is 228 g/mol. The number of likely N-dealkylation sites (N-methyl/N-ethyl adjacent to an activating group) is 1. The van der Waals surface area contributed by atoms with Crippen molar-refractivity contribution in [2.24, 2.45) is 0 Å². The molecule has 2 amide bonds. The number of rotatable bonds is 5. The third-order valence-electron chi connectivity index (χ3n) is 2.57. The molecule has 0 radical (unpaired) electrons. The van der Waals surface area contributed by atoms with Gasteiger partial charge in [0.15, 0.2) is 0 Å². The molecular weight excluding hydrogens is 208 g/mol. The van der Waals surface area contributed by atoms with E-state index >= 15 is 0 Å². The molecule has 0 saturated carbocycles. The summed E-state index contributed by atoms with van der Waals surface area (Å²) in [4.78, 5) is 24.3. The number of carbonyl (C=O) groups excluding carboxylic acids is 2. The van der Waals surface area contributed by atoms with Gasteiger partial charge in [0.1, 0.15) is 6.61 Å². The van der Waals surface area contributed by atoms with Crippen LogP contribution < -0.4 is 5.32 Å². The van der Waals surface area contributed by atoms with Crippen molar-refractivity contribution < 1.29 is 14.3 Å². The van der Waals surface area contributed by atoms with E-state index in [9.17, 15) is 9.59 Å². The Kier molecular flexibility index (Phi) is 5.25. The molecule has 0 aliphatic carbocycles. The number of nitrogens with zero attached hydrogens (tertiary/aromatic N) is 1. The highest BCUT2D eigenvalue weighted by Gasteiger charge is 2.23. The van der Waals surface area contributed by atoms with Crippen molar-refractivity contribution in [2.45, 2.75) is 32.2 Å². The summed E-state index contributed by atoms with van der Waals surface area (Å²) in [6, 6.07) is 0.0698. The molecule has 1 fully saturated rings. The van der Waals surface area contributed by atoms with Crippen molar-refractivity contribution in [1.29, 1.82) is 0 Å². The largest absolute Gasteiger partial charge is 0.372 e. The van der Waals surface area contributed by atoms with Gasteiger partial charge in [-0.15, -0.1) is 0 Å². The zero-order chi connectivity index (χ0) is 12.0. The summed E-state index contributed by atoms with van der Waals surface area (Å²) in [6.07, 6.45) is 2.15. The molecule has 0 spiro atoms. The predicted octanol–water partition coefficient (Wildman–Crippen LogP) is 0.150. The van der Waals surface area contributed by atoms with E-state index in [2.05, 4.69) is 5.32 Å². The average Bonchev–Trinajstić information content (AvgIpc) is 2.24. The number of carbonyl (C=O) groups is 2. The number of ether oxygens (including phenoxy) is 1. The maximum absolute atomic E-state index is 11.4. The normalized spacial score (nSPS) is 21.0. The van der Waals surface area contributed by atoms with Gasteiger partial charge in [-0.1, -0.05) is 6.92 Å². The predicted molar refractivity (Wildman–Crippen MR) is 59.9 cm³/mol. The average molecular weight is 228 g/mol. The van der Waals surface area contributed by atoms with Crippen molar-refractivity contribution in [2.75, 3.05) is 26.8 Å². The van der Waals surface area contributed by atoms with Gasteiger partial charge in [0.2, 0.25) is 11.8 Å². The molecule has 0 aromatic heterocycles. The number of amides is 2. The Labute approximate surface area is 96.1 Å². The summed E-state index contributed by atoms with van der Waals surface area (Å²) in [5.74, 6) is 0.0499. The van der Waals surface area contributed by atoms with Crippen LogP contribution >= 0.6 is 0 Å². The third kappa shape index (κ3) is 4.18. The van der Waals surface area contributed by atoms with Crippen LogP contribution in [0.25, 0.3) is 0 Å². The maximum Gasteiger partial charge on any atom is 0.246 e. The van der Waals surface area contributed by atoms with Crippen LogP contribution in [0.1, 0.15) is 26.2 Å². The number of hydrogen-bond acceptors (Lipinski definition) is 3. The molecule has 5 nitrogen and oxygen atoms in total. The SMILES string of the molecule is CCCOCC(=O)NC1CCC(=O)N(C)C1. The van der Waals surface area contributed by atoms with Gasteiger partial charge in [-0.3, -0.25) is 9.59 Å². The molecule has 92 valence electrons. The summed E-state index contributed by atoms with van der Waals surface area (Å²) < 4.78 is 5.14. The van der Waals surface area contributed by atoms with Gasteiger partial charge >= 0.3 is 0 Å². The van der Waals surface area contributed by atoms with Crippen LogP contribution in [0.15, 0.2) is 0 Å². The third-order valence-corrected chi connectivity index (χ3v) is 2.57. The molecule has 5 heteroatoms. The van der Waals surface area contributed by atoms with Crippen molar-refractivity contribution in [3.05, 3.63) is 0 Å². The number of likely N-dealkylation sites (tertiary alicyclic amines) is 1. The van der Waals surface area contributed by atoms with Crippen molar-refractivity contribution >= 4 is 11.8 Å². The Balaban J connectivity index is 2.21. The minimum Gasteiger partial charge on any atom is -0.372 e. The summed E-state index contributed by atoms with van der Waals surface area (Å²) in [5, 5.41) is 2.87. The molecule has 1 unspecified atom stereocenters. The fourth-order valence-corrected chi connectivity index (χ4v) is 1.71. The lowest BCUT2D eigenvalue weighted by atomic mass is 10.1. The molecule has 1 rings (SSSR count). The van der Waals surface area contributed by atoms with Crippen molar-refractivity contribution in [3.63, 3.8) is 0 Å². The minimum absolute atomic E-state index is 0.0698. The Hall–Kier alpha value is -1.10. The first kappa shape index (κ1) is 13.0. The van der Waals surface area contributed by atoms with E-state index in [0.29, 0.717) is 19.6 Å². The molecule has 1 saturated heterocycles. The molecule has 0 aromatic carbocycles. The van der Waals surface area contributed by atoms with Crippen LogP contribution in [0.2, 0.25) is 0 Å². The summed E-state index contributed by atoms with van der Waals surface area (Å²) in [6.45, 7) is 3.32. The lowest BCUT2D eigenvalue weighted by molar-refractivity contribution is -0.134. The van der Waals surface area contributed by atoms with Crippen molar-refractivity contribution in [3.8, 4) is 0 Å². The van der Waals surface area contributed by atoms with Gasteiger partial charge in [0.25, 0.3) is 0 Å². The Bertz CT molecular complexity index is 256. The highest BCUT2D eigenvalue weighted by molar-refractivity contribution is 5.79. The Morgan fingerprint density at radius 3 is 3.00 bits per heavy atom. The van der Waals surface area contributed by atoms with E-state index in [-0.39, 0.29) is 24.5 Å². The lowest BCUT2D eigenvalue weighted by Gasteiger charge is -2.30. The standard InChI is InChI=1S/C11H20N2O3/c1-3-6-16-8-10(14)12-9-4-5-11(15)13(2)7-9/h9H,3-8H2,1-2H3,(H,12,14). The zero-order valence-electron chi connectivity index (χ0n) is 9.99. The second-order valence-electron chi connectivity index (χ2n) is 4.13. The smallest absolute Gasteiger partial charge is 0.246 e. The van der Waals surface area contributed by atoms with Gasteiger partial charge in [-0.05, 0) is 12.8 Å². The topological polar surface area (TPSA) is 58.6 Å². The molecular formula is C11H20N2O3. The van der Waals surface area contributed by atoms with Crippen LogP contribution in [-0.2, 0) is 14.3 Å². The zero-order valence-corrected chi connectivity index (χ0v) is 9.99. The van der Waals surface area contributed by atoms with E-state index in [1.165, 1.54) is 0 Å². The van der Waals surface area contributed by atoms with E-state index in [1.54, 1.807) is 11.9 Å². The molecule has 0 aromatic rings. The quantitative estimate of drug-likeness (QED) is 0.681. The van der Waals surface area contributed by atoms with Gasteiger partial charge < -0.3 is 15.0 Å². The highest BCUT2D eigenvalue weighted by Crippen LogP contribution is 2.09. The van der Waals surface area contributed by atoms with Crippen LogP contribution in [0.5, 0.6) is 0 Å². The van der Waals surface area contributed by atoms with Gasteiger partial charge in [-0.25, -0.2) is 0 Å². The first-order chi connectivity index (χ1) is 7.63. The van der Waals surface area contributed by atoms with Gasteiger partial charge in [-0.2, -0.15) is 0 Å². The van der Waals surface area contributed by atoms with E-state index in [0.717, 1.165) is 12.8 Å².